The van der Waals surface area contributed by atoms with Crippen molar-refractivity contribution in [2.24, 2.45) is 0 Å². The molecule has 0 radical (unpaired) electrons. The lowest BCUT2D eigenvalue weighted by Crippen LogP contribution is -2.35. The van der Waals surface area contributed by atoms with E-state index in [0.717, 1.165) is 12.3 Å². The third-order valence-corrected chi connectivity index (χ3v) is 2.23. The molecule has 7 nitrogen and oxygen atoms in total. The minimum Gasteiger partial charge on any atom is -0.394 e. The molecule has 17 heavy (non-hydrogen) atoms. The fourth-order valence-electron chi connectivity index (χ4n) is 1.04. The van der Waals surface area contributed by atoms with E-state index in [1.165, 1.54) is 0 Å². The number of hydrogen-bond donors (Lipinski definition) is 2. The maximum absolute atomic E-state index is 11.6. The second kappa shape index (κ2) is 5.55. The molecule has 1 aromatic rings. The van der Waals surface area contributed by atoms with Gasteiger partial charge in [0.2, 0.25) is 0 Å². The number of aliphatic hydroxyl groups excluding tert-OH is 1. The standard InChI is InChI=1S/C9H10ClN3O4/c1-5(4-14)12-9(15)7-2-6(13(16)17)3-11-8(7)10/h2-3,5,14H,4H2,1H3,(H,12,15)/t5-/m1/s1. The van der Waals surface area contributed by atoms with Crippen LogP contribution in [0.3, 0.4) is 0 Å². The molecule has 0 aliphatic rings. The lowest BCUT2D eigenvalue weighted by molar-refractivity contribution is -0.385. The Kier molecular flexibility index (Phi) is 4.36. The van der Waals surface area contributed by atoms with E-state index in [1.807, 2.05) is 0 Å². The molecule has 0 unspecified atom stereocenters. The predicted molar refractivity (Wildman–Crippen MR) is 59.9 cm³/mol. The van der Waals surface area contributed by atoms with Crippen LogP contribution in [-0.2, 0) is 0 Å². The second-order valence-corrected chi connectivity index (χ2v) is 3.70. The van der Waals surface area contributed by atoms with Gasteiger partial charge >= 0.3 is 0 Å². The molecule has 0 fully saturated rings. The van der Waals surface area contributed by atoms with E-state index in [0.29, 0.717) is 0 Å². The third kappa shape index (κ3) is 3.36. The Morgan fingerprint density at radius 3 is 2.94 bits per heavy atom. The van der Waals surface area contributed by atoms with Crippen LogP contribution in [0.15, 0.2) is 12.3 Å². The zero-order valence-electron chi connectivity index (χ0n) is 8.88. The molecule has 0 aliphatic heterocycles. The molecule has 1 heterocycles. The van der Waals surface area contributed by atoms with Crippen LogP contribution >= 0.6 is 11.6 Å². The van der Waals surface area contributed by atoms with Gasteiger partial charge in [-0.1, -0.05) is 11.6 Å². The molecule has 1 amide bonds. The SMILES string of the molecule is C[C@H](CO)NC(=O)c1cc([N+](=O)[O-])cnc1Cl. The summed E-state index contributed by atoms with van der Waals surface area (Å²) in [6.45, 7) is 1.34. The van der Waals surface area contributed by atoms with Crippen molar-refractivity contribution in [1.82, 2.24) is 10.3 Å². The van der Waals surface area contributed by atoms with Crippen LogP contribution in [0.1, 0.15) is 17.3 Å². The molecule has 1 rings (SSSR count). The molecule has 1 atom stereocenters. The van der Waals surface area contributed by atoms with Crippen LogP contribution in [0.25, 0.3) is 0 Å². The Hall–Kier alpha value is -1.73. The van der Waals surface area contributed by atoms with Crippen molar-refractivity contribution in [3.8, 4) is 0 Å². The van der Waals surface area contributed by atoms with Gasteiger partial charge < -0.3 is 10.4 Å². The number of aromatic nitrogens is 1. The van der Waals surface area contributed by atoms with Crippen LogP contribution in [0.4, 0.5) is 5.69 Å². The van der Waals surface area contributed by atoms with Crippen molar-refractivity contribution in [2.45, 2.75) is 13.0 Å². The number of rotatable bonds is 4. The number of carbonyl (C=O) groups is 1. The average molecular weight is 260 g/mol. The third-order valence-electron chi connectivity index (χ3n) is 1.93. The van der Waals surface area contributed by atoms with Crippen LogP contribution in [0, 0.1) is 10.1 Å². The first-order valence-electron chi connectivity index (χ1n) is 4.67. The van der Waals surface area contributed by atoms with Crippen molar-refractivity contribution in [2.75, 3.05) is 6.61 Å². The van der Waals surface area contributed by atoms with E-state index >= 15 is 0 Å². The number of halogens is 1. The van der Waals surface area contributed by atoms with Crippen molar-refractivity contribution in [3.05, 3.63) is 33.1 Å². The fraction of sp³-hybridized carbons (Fsp3) is 0.333. The van der Waals surface area contributed by atoms with Gasteiger partial charge in [0.15, 0.2) is 0 Å². The molecule has 0 bridgehead atoms. The number of aliphatic hydroxyl groups is 1. The summed E-state index contributed by atoms with van der Waals surface area (Å²) in [7, 11) is 0. The van der Waals surface area contributed by atoms with Gasteiger partial charge in [0, 0.05) is 12.1 Å². The topological polar surface area (TPSA) is 105 Å². The van der Waals surface area contributed by atoms with Crippen LogP contribution in [0.5, 0.6) is 0 Å². The molecule has 0 aromatic carbocycles. The predicted octanol–water partition coefficient (Wildman–Crippen LogP) is 0.754. The van der Waals surface area contributed by atoms with Crippen molar-refractivity contribution in [3.63, 3.8) is 0 Å². The Balaban J connectivity index is 3.00. The molecule has 1 aromatic heterocycles. The molecular weight excluding hydrogens is 250 g/mol. The summed E-state index contributed by atoms with van der Waals surface area (Å²) in [5.41, 5.74) is -0.419. The molecule has 0 saturated heterocycles. The molecule has 0 saturated carbocycles. The van der Waals surface area contributed by atoms with Gasteiger partial charge in [-0.05, 0) is 6.92 Å². The number of nitrogens with zero attached hydrogens (tertiary/aromatic N) is 2. The Morgan fingerprint density at radius 1 is 1.76 bits per heavy atom. The molecule has 0 spiro atoms. The fourth-order valence-corrected chi connectivity index (χ4v) is 1.23. The second-order valence-electron chi connectivity index (χ2n) is 3.35. The van der Waals surface area contributed by atoms with Crippen LogP contribution < -0.4 is 5.32 Å². The molecule has 0 aliphatic carbocycles. The molecule has 2 N–H and O–H groups in total. The first-order chi connectivity index (χ1) is 7.95. The minimum absolute atomic E-state index is 0.0961. The molecule has 8 heteroatoms. The summed E-state index contributed by atoms with van der Waals surface area (Å²) < 4.78 is 0. The van der Waals surface area contributed by atoms with Crippen molar-refractivity contribution < 1.29 is 14.8 Å². The van der Waals surface area contributed by atoms with Gasteiger partial charge in [-0.25, -0.2) is 4.98 Å². The van der Waals surface area contributed by atoms with Gasteiger partial charge in [0.1, 0.15) is 11.3 Å². The zero-order chi connectivity index (χ0) is 13.0. The molecular formula is C9H10ClN3O4. The number of carbonyl (C=O) groups excluding carboxylic acids is 1. The van der Waals surface area contributed by atoms with Gasteiger partial charge in [0.05, 0.1) is 17.1 Å². The first-order valence-corrected chi connectivity index (χ1v) is 5.05. The van der Waals surface area contributed by atoms with Gasteiger partial charge in [-0.15, -0.1) is 0 Å². The highest BCUT2D eigenvalue weighted by molar-refractivity contribution is 6.32. The normalized spacial score (nSPS) is 11.9. The maximum Gasteiger partial charge on any atom is 0.288 e. The lowest BCUT2D eigenvalue weighted by Gasteiger charge is -2.10. The Bertz CT molecular complexity index is 452. The van der Waals surface area contributed by atoms with Crippen molar-refractivity contribution in [1.29, 1.82) is 0 Å². The van der Waals surface area contributed by atoms with E-state index in [1.54, 1.807) is 6.92 Å². The highest BCUT2D eigenvalue weighted by Gasteiger charge is 2.18. The van der Waals surface area contributed by atoms with E-state index in [2.05, 4.69) is 10.3 Å². The quantitative estimate of drug-likeness (QED) is 0.472. The van der Waals surface area contributed by atoms with E-state index in [9.17, 15) is 14.9 Å². The smallest absolute Gasteiger partial charge is 0.288 e. The number of nitrogens with one attached hydrogen (secondary N) is 1. The lowest BCUT2D eigenvalue weighted by atomic mass is 10.2. The van der Waals surface area contributed by atoms with Gasteiger partial charge in [0.25, 0.3) is 11.6 Å². The maximum atomic E-state index is 11.6. The van der Waals surface area contributed by atoms with Crippen LogP contribution in [-0.4, -0.2) is 33.6 Å². The number of hydrogen-bond acceptors (Lipinski definition) is 5. The van der Waals surface area contributed by atoms with E-state index in [4.69, 9.17) is 16.7 Å². The van der Waals surface area contributed by atoms with E-state index in [-0.39, 0.29) is 23.0 Å². The largest absolute Gasteiger partial charge is 0.394 e. The first kappa shape index (κ1) is 13.3. The van der Waals surface area contributed by atoms with E-state index < -0.39 is 16.9 Å². The summed E-state index contributed by atoms with van der Waals surface area (Å²) in [5, 5.41) is 21.6. The van der Waals surface area contributed by atoms with Gasteiger partial charge in [-0.2, -0.15) is 0 Å². The summed E-state index contributed by atoms with van der Waals surface area (Å²) in [4.78, 5) is 25.0. The van der Waals surface area contributed by atoms with Gasteiger partial charge in [-0.3, -0.25) is 14.9 Å². The summed E-state index contributed by atoms with van der Waals surface area (Å²) in [5.74, 6) is -0.618. The zero-order valence-corrected chi connectivity index (χ0v) is 9.64. The Morgan fingerprint density at radius 2 is 2.41 bits per heavy atom. The number of nitro groups is 1. The molecule has 92 valence electrons. The van der Waals surface area contributed by atoms with Crippen molar-refractivity contribution >= 4 is 23.2 Å². The van der Waals surface area contributed by atoms with Crippen LogP contribution in [0.2, 0.25) is 5.15 Å². The number of amides is 1. The summed E-state index contributed by atoms with van der Waals surface area (Å²) in [6, 6.07) is 0.562. The minimum atomic E-state index is -0.671. The summed E-state index contributed by atoms with van der Waals surface area (Å²) >= 11 is 5.67. The highest BCUT2D eigenvalue weighted by atomic mass is 35.5. The Labute approximate surface area is 102 Å². The monoisotopic (exact) mass is 259 g/mol. The number of pyridine rings is 1. The highest BCUT2D eigenvalue weighted by Crippen LogP contribution is 2.18. The summed E-state index contributed by atoms with van der Waals surface area (Å²) in [6.07, 6.45) is 0.967. The average Bonchev–Trinajstić information content (AvgIpc) is 2.28.